The summed E-state index contributed by atoms with van der Waals surface area (Å²) in [6.45, 7) is 14.6. The number of benzene rings is 1. The lowest BCUT2D eigenvalue weighted by molar-refractivity contribution is -0.108. The molecule has 43 heavy (non-hydrogen) atoms. The maximum absolute atomic E-state index is 12.8. The molecular formula is C31H40N6O2S4. The van der Waals surface area contributed by atoms with Crippen molar-refractivity contribution in [1.82, 2.24) is 14.8 Å². The Morgan fingerprint density at radius 1 is 1.02 bits per heavy atom. The van der Waals surface area contributed by atoms with E-state index in [-0.39, 0.29) is 16.2 Å². The molecule has 3 saturated heterocycles. The van der Waals surface area contributed by atoms with E-state index in [9.17, 15) is 4.79 Å². The lowest BCUT2D eigenvalue weighted by atomic mass is 9.79. The molecule has 5 heterocycles. The van der Waals surface area contributed by atoms with Gasteiger partial charge in [-0.15, -0.1) is 11.3 Å². The molecule has 0 atom stereocenters. The molecule has 3 aliphatic rings. The van der Waals surface area contributed by atoms with Gasteiger partial charge in [-0.3, -0.25) is 20.5 Å². The van der Waals surface area contributed by atoms with Gasteiger partial charge in [0.2, 0.25) is 10.2 Å². The molecule has 0 saturated carbocycles. The number of anilines is 3. The van der Waals surface area contributed by atoms with Crippen LogP contribution in [0.2, 0.25) is 0 Å². The molecule has 8 nitrogen and oxygen atoms in total. The summed E-state index contributed by atoms with van der Waals surface area (Å²) < 4.78 is 7.18. The number of fused-ring (bicyclic) bond motifs is 1. The van der Waals surface area contributed by atoms with Crippen molar-refractivity contribution in [3.05, 3.63) is 40.9 Å². The van der Waals surface area contributed by atoms with E-state index in [1.807, 2.05) is 11.0 Å². The first-order valence-electron chi connectivity index (χ1n) is 15.0. The number of thioether (sulfide) groups is 1. The summed E-state index contributed by atoms with van der Waals surface area (Å²) in [5, 5.41) is 0.826. The summed E-state index contributed by atoms with van der Waals surface area (Å²) in [5.41, 5.74) is 9.76. The number of carbonyl (C=O) groups excluding carboxylic acids is 1. The first kappa shape index (κ1) is 30.8. The van der Waals surface area contributed by atoms with Crippen molar-refractivity contribution < 1.29 is 9.53 Å². The van der Waals surface area contributed by atoms with Gasteiger partial charge >= 0.3 is 0 Å². The van der Waals surface area contributed by atoms with Crippen molar-refractivity contribution in [2.45, 2.75) is 64.5 Å². The van der Waals surface area contributed by atoms with E-state index in [0.717, 1.165) is 82.8 Å². The summed E-state index contributed by atoms with van der Waals surface area (Å²) in [7, 11) is 0. The van der Waals surface area contributed by atoms with Crippen LogP contribution in [0.25, 0.3) is 15.6 Å². The molecule has 0 aliphatic carbocycles. The summed E-state index contributed by atoms with van der Waals surface area (Å²) in [6, 6.07) is 10.8. The zero-order chi connectivity index (χ0) is 30.2. The lowest BCUT2D eigenvalue weighted by Gasteiger charge is -2.54. The highest BCUT2D eigenvalue weighted by molar-refractivity contribution is 8.33. The quantitative estimate of drug-likeness (QED) is 0.140. The number of nitrogens with one attached hydrogen (secondary N) is 2. The number of carbonyl (C=O) groups is 1. The van der Waals surface area contributed by atoms with Gasteiger partial charge in [0.15, 0.2) is 0 Å². The van der Waals surface area contributed by atoms with Crippen LogP contribution in [0.15, 0.2) is 36.0 Å². The van der Waals surface area contributed by atoms with Crippen molar-refractivity contribution in [2.75, 3.05) is 55.1 Å². The van der Waals surface area contributed by atoms with Crippen LogP contribution in [0.4, 0.5) is 16.5 Å². The smallest absolute Gasteiger partial charge is 0.242 e. The highest BCUT2D eigenvalue weighted by Crippen LogP contribution is 2.42. The van der Waals surface area contributed by atoms with Crippen LogP contribution in [0.5, 0.6) is 0 Å². The second-order valence-corrected chi connectivity index (χ2v) is 16.3. The molecule has 2 aromatic heterocycles. The van der Waals surface area contributed by atoms with Gasteiger partial charge in [0.05, 0.1) is 29.3 Å². The predicted octanol–water partition coefficient (Wildman–Crippen LogP) is 7.27. The van der Waals surface area contributed by atoms with Crippen LogP contribution in [0.3, 0.4) is 0 Å². The molecule has 230 valence electrons. The van der Waals surface area contributed by atoms with Crippen LogP contribution in [-0.4, -0.2) is 74.7 Å². The van der Waals surface area contributed by atoms with E-state index >= 15 is 0 Å². The van der Waals surface area contributed by atoms with E-state index in [4.69, 9.17) is 21.9 Å². The second-order valence-electron chi connectivity index (χ2n) is 12.6. The number of rotatable bonds is 9. The molecule has 0 spiro atoms. The van der Waals surface area contributed by atoms with Gasteiger partial charge in [-0.05, 0) is 102 Å². The normalized spacial score (nSPS) is 21.7. The van der Waals surface area contributed by atoms with E-state index in [2.05, 4.69) is 78.7 Å². The maximum Gasteiger partial charge on any atom is 0.242 e. The van der Waals surface area contributed by atoms with Crippen LogP contribution in [0.1, 0.15) is 58.3 Å². The molecule has 0 amide bonds. The van der Waals surface area contributed by atoms with Crippen molar-refractivity contribution >= 4 is 88.2 Å². The fraction of sp³-hybridized carbons (Fsp3) is 0.516. The molecule has 3 fully saturated rings. The maximum atomic E-state index is 12.8. The summed E-state index contributed by atoms with van der Waals surface area (Å²) in [5.74, 6) is 0. The molecule has 3 aromatic rings. The first-order valence-corrected chi connectivity index (χ1v) is 17.8. The van der Waals surface area contributed by atoms with E-state index in [1.54, 1.807) is 22.7 Å². The molecule has 3 aliphatic heterocycles. The Kier molecular flexibility index (Phi) is 9.06. The van der Waals surface area contributed by atoms with Gasteiger partial charge in [0.25, 0.3) is 0 Å². The third kappa shape index (κ3) is 6.89. The van der Waals surface area contributed by atoms with Crippen molar-refractivity contribution in [3.8, 4) is 0 Å². The van der Waals surface area contributed by atoms with Gasteiger partial charge in [0.1, 0.15) is 9.15 Å². The molecule has 12 heteroatoms. The SMILES string of the molecule is CC1(C)CCCC(C)(C)N1c1ccc(NNc2nc3sc(/C=C4\C(=O)SC(=S)N4CCCN4CCOCC4)cc3s2)cc1. The Morgan fingerprint density at radius 3 is 2.44 bits per heavy atom. The monoisotopic (exact) mass is 656 g/mol. The average molecular weight is 657 g/mol. The fourth-order valence-electron chi connectivity index (χ4n) is 6.55. The van der Waals surface area contributed by atoms with Gasteiger partial charge < -0.3 is 14.5 Å². The number of nitrogens with zero attached hydrogens (tertiary/aromatic N) is 4. The molecule has 6 rings (SSSR count). The summed E-state index contributed by atoms with van der Waals surface area (Å²) in [6.07, 6.45) is 6.60. The first-order chi connectivity index (χ1) is 20.6. The highest BCUT2D eigenvalue weighted by atomic mass is 32.2. The van der Waals surface area contributed by atoms with Crippen molar-refractivity contribution in [3.63, 3.8) is 0 Å². The number of morpholine rings is 1. The Bertz CT molecular complexity index is 1460. The molecule has 1 aromatic carbocycles. The number of thiophene rings is 1. The molecule has 0 radical (unpaired) electrons. The van der Waals surface area contributed by atoms with Crippen molar-refractivity contribution in [1.29, 1.82) is 0 Å². The standard InChI is InChI=1S/C31H40N6O2S4/c1-30(2)11-5-12-31(3,4)37(30)22-9-7-21(8-10-22)33-34-28-32-26-25(42-28)20-23(41-26)19-24-27(38)43-29(40)36(24)14-6-13-35-15-17-39-18-16-35/h7-10,19-20,33H,5-6,11-18H2,1-4H3,(H,32,34)/b24-19+. The number of hydrogen-bond donors (Lipinski definition) is 2. The number of thiocarbonyl (C=S) groups is 1. The van der Waals surface area contributed by atoms with E-state index in [1.165, 1.54) is 24.9 Å². The minimum atomic E-state index is 0.0195. The van der Waals surface area contributed by atoms with Gasteiger partial charge in [-0.1, -0.05) is 23.6 Å². The molecular weight excluding hydrogens is 617 g/mol. The molecule has 0 unspecified atom stereocenters. The van der Waals surface area contributed by atoms with Gasteiger partial charge in [-0.2, -0.15) is 0 Å². The average Bonchev–Trinajstić information content (AvgIpc) is 3.59. The molecule has 0 bridgehead atoms. The third-order valence-corrected chi connectivity index (χ3v) is 11.8. The Labute approximate surface area is 271 Å². The second kappa shape index (κ2) is 12.6. The minimum Gasteiger partial charge on any atom is -0.379 e. The minimum absolute atomic E-state index is 0.0195. The van der Waals surface area contributed by atoms with E-state index in [0.29, 0.717) is 10.0 Å². The Morgan fingerprint density at radius 2 is 1.74 bits per heavy atom. The summed E-state index contributed by atoms with van der Waals surface area (Å²) in [4.78, 5) is 26.5. The summed E-state index contributed by atoms with van der Waals surface area (Å²) >= 11 is 9.88. The van der Waals surface area contributed by atoms with Gasteiger partial charge in [-0.25, -0.2) is 4.98 Å². The fourth-order valence-corrected chi connectivity index (χ4v) is 9.71. The number of thiazole rings is 1. The lowest BCUT2D eigenvalue weighted by Crippen LogP contribution is -2.58. The number of ether oxygens (including phenoxy) is 1. The van der Waals surface area contributed by atoms with Crippen molar-refractivity contribution in [2.24, 2.45) is 0 Å². The van der Waals surface area contributed by atoms with Crippen LogP contribution in [0, 0.1) is 0 Å². The highest BCUT2D eigenvalue weighted by Gasteiger charge is 2.41. The van der Waals surface area contributed by atoms with Crippen LogP contribution < -0.4 is 15.8 Å². The topological polar surface area (TPSA) is 73.0 Å². The number of piperidine rings is 1. The zero-order valence-electron chi connectivity index (χ0n) is 25.3. The number of hydrogen-bond acceptors (Lipinski definition) is 11. The van der Waals surface area contributed by atoms with E-state index < -0.39 is 0 Å². The molecule has 2 N–H and O–H groups in total. The third-order valence-electron chi connectivity index (χ3n) is 8.47. The zero-order valence-corrected chi connectivity index (χ0v) is 28.5. The largest absolute Gasteiger partial charge is 0.379 e. The van der Waals surface area contributed by atoms with Gasteiger partial charge in [0, 0.05) is 47.8 Å². The predicted molar refractivity (Wildman–Crippen MR) is 187 cm³/mol. The van der Waals surface area contributed by atoms with Crippen LogP contribution >= 0.6 is 46.7 Å². The Hall–Kier alpha value is -2.22. The number of aromatic nitrogens is 1. The Balaban J connectivity index is 1.07. The van der Waals surface area contributed by atoms with Crippen LogP contribution in [-0.2, 0) is 9.53 Å². The number of hydrazine groups is 1.